The summed E-state index contributed by atoms with van der Waals surface area (Å²) >= 11 is 1.91. The number of aromatic nitrogens is 3. The van der Waals surface area contributed by atoms with E-state index in [1.807, 2.05) is 0 Å². The van der Waals surface area contributed by atoms with E-state index in [1.165, 1.54) is 11.3 Å². The Balaban J connectivity index is 2.07. The topological polar surface area (TPSA) is 50.7 Å². The Morgan fingerprint density at radius 3 is 2.65 bits per heavy atom. The van der Waals surface area contributed by atoms with E-state index >= 15 is 0 Å². The fraction of sp³-hybridized carbons (Fsp3) is 0.375. The highest BCUT2D eigenvalue weighted by Crippen LogP contribution is 2.34. The molecule has 1 unspecified atom stereocenters. The van der Waals surface area contributed by atoms with Crippen molar-refractivity contribution in [2.24, 2.45) is 0 Å². The fourth-order valence-electron chi connectivity index (χ4n) is 1.09. The van der Waals surface area contributed by atoms with Crippen LogP contribution in [0.15, 0.2) is 11.6 Å². The van der Waals surface area contributed by atoms with Crippen molar-refractivity contribution in [1.29, 1.82) is 0 Å². The predicted octanol–water partition coefficient (Wildman–Crippen LogP) is 3.19. The van der Waals surface area contributed by atoms with Gasteiger partial charge in [-0.15, -0.1) is 21.5 Å². The lowest BCUT2D eigenvalue weighted by Crippen LogP contribution is -2.05. The monoisotopic (exact) mass is 280 g/mol. The maximum atomic E-state index is 12.3. The molecule has 0 aliphatic rings. The molecule has 2 heterocycles. The van der Waals surface area contributed by atoms with Gasteiger partial charge in [0.25, 0.3) is 0 Å². The largest absolute Gasteiger partial charge is 0.445 e. The standard InChI is InChI=1S/C8H7F3N4S2/c1-4(5-12-2-3-16-5)13-7-15-14-6(17-7)8(9,10)11/h2-4H,1H3,(H,13,15). The van der Waals surface area contributed by atoms with Gasteiger partial charge in [-0.25, -0.2) is 4.98 Å². The highest BCUT2D eigenvalue weighted by Gasteiger charge is 2.35. The van der Waals surface area contributed by atoms with Crippen molar-refractivity contribution in [3.05, 3.63) is 21.6 Å². The zero-order chi connectivity index (χ0) is 12.5. The molecule has 0 aromatic carbocycles. The van der Waals surface area contributed by atoms with E-state index in [1.54, 1.807) is 18.5 Å². The van der Waals surface area contributed by atoms with Gasteiger partial charge in [0.15, 0.2) is 0 Å². The second-order valence-electron chi connectivity index (χ2n) is 3.15. The minimum atomic E-state index is -4.44. The number of hydrogen-bond donors (Lipinski definition) is 1. The molecule has 2 aromatic rings. The second kappa shape index (κ2) is 4.57. The first kappa shape index (κ1) is 12.2. The van der Waals surface area contributed by atoms with Crippen LogP contribution in [0.2, 0.25) is 0 Å². The van der Waals surface area contributed by atoms with Crippen molar-refractivity contribution in [1.82, 2.24) is 15.2 Å². The van der Waals surface area contributed by atoms with Crippen molar-refractivity contribution in [2.45, 2.75) is 19.1 Å². The first-order valence-corrected chi connectivity index (χ1v) is 6.23. The van der Waals surface area contributed by atoms with Gasteiger partial charge in [0, 0.05) is 11.6 Å². The van der Waals surface area contributed by atoms with Crippen LogP contribution in [-0.4, -0.2) is 15.2 Å². The Labute approximate surface area is 103 Å². The van der Waals surface area contributed by atoms with E-state index in [9.17, 15) is 13.2 Å². The van der Waals surface area contributed by atoms with Crippen LogP contribution in [-0.2, 0) is 6.18 Å². The third-order valence-electron chi connectivity index (χ3n) is 1.83. The summed E-state index contributed by atoms with van der Waals surface area (Å²) in [5.74, 6) is 0. The van der Waals surface area contributed by atoms with Crippen molar-refractivity contribution in [3.63, 3.8) is 0 Å². The molecule has 0 radical (unpaired) electrons. The maximum absolute atomic E-state index is 12.3. The van der Waals surface area contributed by atoms with Crippen LogP contribution in [0.3, 0.4) is 0 Å². The lowest BCUT2D eigenvalue weighted by Gasteiger charge is -2.08. The van der Waals surface area contributed by atoms with E-state index in [0.29, 0.717) is 11.3 Å². The van der Waals surface area contributed by atoms with E-state index < -0.39 is 11.2 Å². The third kappa shape index (κ3) is 2.91. The molecule has 1 N–H and O–H groups in total. The minimum absolute atomic E-state index is 0.139. The molecule has 1 atom stereocenters. The molecule has 0 saturated carbocycles. The van der Waals surface area contributed by atoms with Crippen LogP contribution in [0.5, 0.6) is 0 Å². The highest BCUT2D eigenvalue weighted by molar-refractivity contribution is 7.15. The van der Waals surface area contributed by atoms with Gasteiger partial charge in [0.1, 0.15) is 5.01 Å². The maximum Gasteiger partial charge on any atom is 0.445 e. The van der Waals surface area contributed by atoms with Gasteiger partial charge in [-0.05, 0) is 6.92 Å². The lowest BCUT2D eigenvalue weighted by molar-refractivity contribution is -0.138. The van der Waals surface area contributed by atoms with Gasteiger partial charge in [0.05, 0.1) is 6.04 Å². The van der Waals surface area contributed by atoms with Crippen LogP contribution in [0.4, 0.5) is 18.3 Å². The van der Waals surface area contributed by atoms with Crippen LogP contribution < -0.4 is 5.32 Å². The Morgan fingerprint density at radius 2 is 2.12 bits per heavy atom. The number of halogens is 3. The summed E-state index contributed by atoms with van der Waals surface area (Å²) in [6, 6.07) is -0.191. The van der Waals surface area contributed by atoms with Gasteiger partial charge in [-0.3, -0.25) is 0 Å². The van der Waals surface area contributed by atoms with Gasteiger partial charge >= 0.3 is 6.18 Å². The predicted molar refractivity (Wildman–Crippen MR) is 59.1 cm³/mol. The SMILES string of the molecule is CC(Nc1nnc(C(F)(F)F)s1)c1nccs1. The molecule has 0 amide bonds. The Kier molecular flexibility index (Phi) is 3.29. The minimum Gasteiger partial charge on any atom is -0.351 e. The van der Waals surface area contributed by atoms with Gasteiger partial charge in [-0.1, -0.05) is 11.3 Å². The zero-order valence-electron chi connectivity index (χ0n) is 8.52. The molecule has 2 rings (SSSR count). The zero-order valence-corrected chi connectivity index (χ0v) is 10.2. The van der Waals surface area contributed by atoms with E-state index in [4.69, 9.17) is 0 Å². The molecule has 17 heavy (non-hydrogen) atoms. The molecule has 0 aliphatic carbocycles. The van der Waals surface area contributed by atoms with Crippen LogP contribution in [0.1, 0.15) is 23.0 Å². The summed E-state index contributed by atoms with van der Waals surface area (Å²) < 4.78 is 36.8. The first-order chi connectivity index (χ1) is 7.97. The van der Waals surface area contributed by atoms with Gasteiger partial charge < -0.3 is 5.32 Å². The summed E-state index contributed by atoms with van der Waals surface area (Å²) in [6.07, 6.45) is -2.80. The molecule has 0 spiro atoms. The Bertz CT molecular complexity index is 479. The van der Waals surface area contributed by atoms with Gasteiger partial charge in [0.2, 0.25) is 10.1 Å². The van der Waals surface area contributed by atoms with Gasteiger partial charge in [-0.2, -0.15) is 13.2 Å². The molecule has 92 valence electrons. The summed E-state index contributed by atoms with van der Waals surface area (Å²) in [7, 11) is 0. The third-order valence-corrected chi connectivity index (χ3v) is 3.69. The van der Waals surface area contributed by atoms with Crippen molar-refractivity contribution >= 4 is 27.8 Å². The molecule has 0 bridgehead atoms. The van der Waals surface area contributed by atoms with Crippen molar-refractivity contribution in [3.8, 4) is 0 Å². The summed E-state index contributed by atoms with van der Waals surface area (Å²) in [5.41, 5.74) is 0. The number of nitrogens with zero attached hydrogens (tertiary/aromatic N) is 3. The van der Waals surface area contributed by atoms with Crippen molar-refractivity contribution in [2.75, 3.05) is 5.32 Å². The molecule has 9 heteroatoms. The molecule has 2 aromatic heterocycles. The summed E-state index contributed by atoms with van der Waals surface area (Å²) in [5, 5.41) is 11.1. The lowest BCUT2D eigenvalue weighted by atomic mass is 10.4. The number of nitrogens with one attached hydrogen (secondary N) is 1. The number of rotatable bonds is 3. The highest BCUT2D eigenvalue weighted by atomic mass is 32.1. The smallest absolute Gasteiger partial charge is 0.351 e. The molecular weight excluding hydrogens is 273 g/mol. The quantitative estimate of drug-likeness (QED) is 0.938. The average Bonchev–Trinajstić information content (AvgIpc) is 2.85. The van der Waals surface area contributed by atoms with Crippen LogP contribution in [0, 0.1) is 0 Å². The molecule has 0 aliphatic heterocycles. The number of anilines is 1. The summed E-state index contributed by atoms with van der Waals surface area (Å²) in [4.78, 5) is 4.06. The number of hydrogen-bond acceptors (Lipinski definition) is 6. The fourth-order valence-corrected chi connectivity index (χ4v) is 2.44. The molecule has 4 nitrogen and oxygen atoms in total. The van der Waals surface area contributed by atoms with E-state index in [0.717, 1.165) is 5.01 Å². The molecular formula is C8H7F3N4S2. The number of alkyl halides is 3. The average molecular weight is 280 g/mol. The van der Waals surface area contributed by atoms with E-state index in [2.05, 4.69) is 20.5 Å². The first-order valence-electron chi connectivity index (χ1n) is 4.53. The molecule has 0 saturated heterocycles. The van der Waals surface area contributed by atoms with Crippen molar-refractivity contribution < 1.29 is 13.2 Å². The Morgan fingerprint density at radius 1 is 1.35 bits per heavy atom. The molecule has 0 fully saturated rings. The van der Waals surface area contributed by atoms with Crippen LogP contribution in [0.25, 0.3) is 0 Å². The second-order valence-corrected chi connectivity index (χ2v) is 5.05. The number of thiazole rings is 1. The normalized spacial score (nSPS) is 13.6. The van der Waals surface area contributed by atoms with E-state index in [-0.39, 0.29) is 11.2 Å². The summed E-state index contributed by atoms with van der Waals surface area (Å²) in [6.45, 7) is 1.80. The Hall–Kier alpha value is -1.22. The van der Waals surface area contributed by atoms with Crippen LogP contribution >= 0.6 is 22.7 Å².